The largest absolute Gasteiger partial charge is 0.490 e. The number of primary sulfonamides is 1. The van der Waals surface area contributed by atoms with Gasteiger partial charge in [-0.25, -0.2) is 13.6 Å². The van der Waals surface area contributed by atoms with E-state index in [9.17, 15) is 8.42 Å². The molecular formula is C22H22BrClN2O4S. The molecule has 31 heavy (non-hydrogen) atoms. The lowest BCUT2D eigenvalue weighted by Crippen LogP contribution is -2.12. The van der Waals surface area contributed by atoms with E-state index < -0.39 is 10.0 Å². The molecule has 0 spiro atoms. The van der Waals surface area contributed by atoms with Gasteiger partial charge in [-0.15, -0.1) is 0 Å². The summed E-state index contributed by atoms with van der Waals surface area (Å²) in [6.07, 6.45) is 0. The van der Waals surface area contributed by atoms with Crippen molar-refractivity contribution in [3.8, 4) is 11.5 Å². The molecule has 0 bridgehead atoms. The number of nitrogens with two attached hydrogens (primary N) is 1. The number of hydrogen-bond acceptors (Lipinski definition) is 5. The van der Waals surface area contributed by atoms with Gasteiger partial charge in [-0.3, -0.25) is 0 Å². The van der Waals surface area contributed by atoms with Gasteiger partial charge in [0, 0.05) is 17.3 Å². The topological polar surface area (TPSA) is 90.6 Å². The molecule has 3 aromatic carbocycles. The van der Waals surface area contributed by atoms with Crippen LogP contribution in [0.15, 0.2) is 70.0 Å². The van der Waals surface area contributed by atoms with Gasteiger partial charge in [0.2, 0.25) is 10.0 Å². The number of ether oxygens (including phenoxy) is 2. The first-order chi connectivity index (χ1) is 14.8. The fourth-order valence-corrected chi connectivity index (χ4v) is 4.07. The Morgan fingerprint density at radius 1 is 1.00 bits per heavy atom. The van der Waals surface area contributed by atoms with E-state index in [4.69, 9.17) is 26.2 Å². The van der Waals surface area contributed by atoms with Gasteiger partial charge in [0.05, 0.1) is 16.0 Å². The summed E-state index contributed by atoms with van der Waals surface area (Å²) in [5.74, 6) is 1.25. The van der Waals surface area contributed by atoms with Crippen LogP contribution < -0.4 is 19.9 Å². The average Bonchev–Trinajstić information content (AvgIpc) is 2.73. The third kappa shape index (κ3) is 6.61. The second-order valence-corrected chi connectivity index (χ2v) is 9.53. The molecule has 0 aliphatic rings. The minimum Gasteiger partial charge on any atom is -0.490 e. The second-order valence-electron chi connectivity index (χ2n) is 6.68. The molecule has 0 saturated heterocycles. The summed E-state index contributed by atoms with van der Waals surface area (Å²) in [6, 6.07) is 17.6. The molecule has 0 radical (unpaired) electrons. The fourth-order valence-electron chi connectivity index (χ4n) is 2.83. The molecule has 0 aliphatic carbocycles. The first kappa shape index (κ1) is 23.4. The minimum atomic E-state index is -3.71. The first-order valence-electron chi connectivity index (χ1n) is 9.45. The quantitative estimate of drug-likeness (QED) is 0.393. The first-order valence-corrected chi connectivity index (χ1v) is 12.2. The molecular weight excluding hydrogens is 504 g/mol. The van der Waals surface area contributed by atoms with Crippen LogP contribution in [0.3, 0.4) is 0 Å². The molecule has 3 aromatic rings. The Kier molecular flexibility index (Phi) is 7.83. The van der Waals surface area contributed by atoms with E-state index in [2.05, 4.69) is 21.2 Å². The molecule has 0 aromatic heterocycles. The predicted molar refractivity (Wildman–Crippen MR) is 126 cm³/mol. The van der Waals surface area contributed by atoms with E-state index in [0.717, 1.165) is 21.3 Å². The molecule has 0 saturated carbocycles. The van der Waals surface area contributed by atoms with Crippen LogP contribution in [0.2, 0.25) is 5.02 Å². The Balaban J connectivity index is 1.72. The Labute approximate surface area is 195 Å². The predicted octanol–water partition coefficient (Wildman–Crippen LogP) is 5.34. The molecule has 0 amide bonds. The third-order valence-corrected chi connectivity index (χ3v) is 6.12. The van der Waals surface area contributed by atoms with Gasteiger partial charge < -0.3 is 14.8 Å². The SMILES string of the molecule is CCOc1cc(CNc2ccc(S(N)(=O)=O)cc2)cc(Br)c1OCc1ccc(Cl)cc1. The lowest BCUT2D eigenvalue weighted by atomic mass is 10.2. The molecule has 3 N–H and O–H groups in total. The summed E-state index contributed by atoms with van der Waals surface area (Å²) in [4.78, 5) is 0.0709. The molecule has 0 heterocycles. The van der Waals surface area contributed by atoms with Crippen LogP contribution in [0.1, 0.15) is 18.1 Å². The van der Waals surface area contributed by atoms with E-state index in [-0.39, 0.29) is 4.90 Å². The van der Waals surface area contributed by atoms with Crippen LogP contribution in [0.4, 0.5) is 5.69 Å². The third-order valence-electron chi connectivity index (χ3n) is 4.35. The smallest absolute Gasteiger partial charge is 0.238 e. The Morgan fingerprint density at radius 2 is 1.68 bits per heavy atom. The minimum absolute atomic E-state index is 0.0709. The van der Waals surface area contributed by atoms with Crippen molar-refractivity contribution in [3.63, 3.8) is 0 Å². The van der Waals surface area contributed by atoms with E-state index in [1.165, 1.54) is 12.1 Å². The van der Waals surface area contributed by atoms with Crippen LogP contribution in [0.25, 0.3) is 0 Å². The number of halogens is 2. The molecule has 0 unspecified atom stereocenters. The van der Waals surface area contributed by atoms with Crippen molar-refractivity contribution in [1.29, 1.82) is 0 Å². The van der Waals surface area contributed by atoms with Crippen molar-refractivity contribution >= 4 is 43.2 Å². The van der Waals surface area contributed by atoms with Crippen molar-refractivity contribution in [2.24, 2.45) is 5.14 Å². The maximum Gasteiger partial charge on any atom is 0.238 e. The van der Waals surface area contributed by atoms with E-state index in [0.29, 0.717) is 36.3 Å². The molecule has 0 aliphatic heterocycles. The summed E-state index contributed by atoms with van der Waals surface area (Å²) in [7, 11) is -3.71. The number of benzene rings is 3. The van der Waals surface area contributed by atoms with Gasteiger partial charge >= 0.3 is 0 Å². The van der Waals surface area contributed by atoms with E-state index >= 15 is 0 Å². The average molecular weight is 526 g/mol. The number of sulfonamides is 1. The molecule has 3 rings (SSSR count). The van der Waals surface area contributed by atoms with Crippen molar-refractivity contribution in [2.45, 2.75) is 25.0 Å². The highest BCUT2D eigenvalue weighted by Crippen LogP contribution is 2.37. The highest BCUT2D eigenvalue weighted by molar-refractivity contribution is 9.10. The monoisotopic (exact) mass is 524 g/mol. The fraction of sp³-hybridized carbons (Fsp3) is 0.182. The van der Waals surface area contributed by atoms with Gasteiger partial charge in [0.15, 0.2) is 11.5 Å². The van der Waals surface area contributed by atoms with Crippen molar-refractivity contribution in [3.05, 3.63) is 81.3 Å². The zero-order valence-corrected chi connectivity index (χ0v) is 19.9. The lowest BCUT2D eigenvalue weighted by molar-refractivity contribution is 0.267. The molecule has 6 nitrogen and oxygen atoms in total. The standard InChI is InChI=1S/C22H22BrClN2O4S/c1-2-29-21-12-16(13-26-18-7-9-19(10-8-18)31(25,27)28)11-20(23)22(21)30-14-15-3-5-17(24)6-4-15/h3-12,26H,2,13-14H2,1H3,(H2,25,27,28). The summed E-state index contributed by atoms with van der Waals surface area (Å²) >= 11 is 9.51. The van der Waals surface area contributed by atoms with Gasteiger partial charge in [0.1, 0.15) is 6.61 Å². The normalized spacial score (nSPS) is 11.2. The van der Waals surface area contributed by atoms with Crippen molar-refractivity contribution < 1.29 is 17.9 Å². The Hall–Kier alpha value is -2.26. The molecule has 9 heteroatoms. The number of hydrogen-bond donors (Lipinski definition) is 2. The number of rotatable bonds is 9. The van der Waals surface area contributed by atoms with Crippen LogP contribution in [-0.4, -0.2) is 15.0 Å². The van der Waals surface area contributed by atoms with Crippen LogP contribution in [0.5, 0.6) is 11.5 Å². The highest BCUT2D eigenvalue weighted by atomic mass is 79.9. The summed E-state index contributed by atoms with van der Waals surface area (Å²) in [5.41, 5.74) is 2.72. The van der Waals surface area contributed by atoms with Gasteiger partial charge in [-0.1, -0.05) is 23.7 Å². The molecule has 164 valence electrons. The van der Waals surface area contributed by atoms with Crippen LogP contribution in [0, 0.1) is 0 Å². The van der Waals surface area contributed by atoms with E-state index in [1.807, 2.05) is 43.3 Å². The Morgan fingerprint density at radius 3 is 2.29 bits per heavy atom. The summed E-state index contributed by atoms with van der Waals surface area (Å²) in [6.45, 7) is 3.29. The van der Waals surface area contributed by atoms with Crippen molar-refractivity contribution in [2.75, 3.05) is 11.9 Å². The second kappa shape index (κ2) is 10.4. The number of anilines is 1. The van der Waals surface area contributed by atoms with Crippen molar-refractivity contribution in [1.82, 2.24) is 0 Å². The maximum atomic E-state index is 11.4. The summed E-state index contributed by atoms with van der Waals surface area (Å²) in [5, 5.41) is 9.06. The summed E-state index contributed by atoms with van der Waals surface area (Å²) < 4.78 is 35.3. The van der Waals surface area contributed by atoms with Crippen LogP contribution >= 0.6 is 27.5 Å². The zero-order valence-electron chi connectivity index (χ0n) is 16.8. The molecule has 0 atom stereocenters. The maximum absolute atomic E-state index is 11.4. The Bertz CT molecular complexity index is 1140. The number of nitrogens with one attached hydrogen (secondary N) is 1. The molecule has 0 fully saturated rings. The lowest BCUT2D eigenvalue weighted by Gasteiger charge is -2.16. The zero-order chi connectivity index (χ0) is 22.4. The van der Waals surface area contributed by atoms with Gasteiger partial charge in [0.25, 0.3) is 0 Å². The van der Waals surface area contributed by atoms with E-state index in [1.54, 1.807) is 12.1 Å². The van der Waals surface area contributed by atoms with Gasteiger partial charge in [-0.05, 0) is 82.5 Å². The van der Waals surface area contributed by atoms with Gasteiger partial charge in [-0.2, -0.15) is 0 Å². The highest BCUT2D eigenvalue weighted by Gasteiger charge is 2.13. The van der Waals surface area contributed by atoms with Crippen LogP contribution in [-0.2, 0) is 23.2 Å².